The Balaban J connectivity index is 2.37. The van der Waals surface area contributed by atoms with Crippen LogP contribution in [0.2, 0.25) is 0 Å². The maximum Gasteiger partial charge on any atom is 0.328 e. The lowest BCUT2D eigenvalue weighted by Gasteiger charge is -2.23. The number of amides is 1. The number of nitrogens with two attached hydrogens (primary N) is 1. The van der Waals surface area contributed by atoms with Crippen LogP contribution < -0.4 is 5.73 Å². The van der Waals surface area contributed by atoms with E-state index in [1.807, 2.05) is 0 Å². The molecule has 1 aromatic rings. The van der Waals surface area contributed by atoms with Gasteiger partial charge in [-0.05, 0) is 25.0 Å². The maximum absolute atomic E-state index is 13.8. The van der Waals surface area contributed by atoms with Crippen LogP contribution in [0, 0.1) is 11.6 Å². The molecular formula is C13H14F2N2O3. The first kappa shape index (κ1) is 14.2. The highest BCUT2D eigenvalue weighted by Crippen LogP contribution is 2.25. The van der Waals surface area contributed by atoms with Crippen molar-refractivity contribution >= 4 is 17.6 Å². The minimum atomic E-state index is -1.11. The second-order valence-corrected chi connectivity index (χ2v) is 4.51. The number of hydrogen-bond donors (Lipinski definition) is 1. The molecular weight excluding hydrogens is 270 g/mol. The number of methoxy groups -OCH3 is 1. The van der Waals surface area contributed by atoms with Crippen LogP contribution >= 0.6 is 0 Å². The summed E-state index contributed by atoms with van der Waals surface area (Å²) in [5.74, 6) is -3.59. The molecule has 0 saturated carbocycles. The van der Waals surface area contributed by atoms with Gasteiger partial charge in [-0.15, -0.1) is 0 Å². The summed E-state index contributed by atoms with van der Waals surface area (Å²) in [6.07, 6.45) is 0.973. The first-order valence-electron chi connectivity index (χ1n) is 6.09. The molecule has 1 saturated heterocycles. The second kappa shape index (κ2) is 5.44. The quantitative estimate of drug-likeness (QED) is 0.657. The molecule has 2 rings (SSSR count). The molecule has 1 atom stereocenters. The summed E-state index contributed by atoms with van der Waals surface area (Å²) in [7, 11) is 1.20. The van der Waals surface area contributed by atoms with Gasteiger partial charge in [0.1, 0.15) is 17.4 Å². The summed E-state index contributed by atoms with van der Waals surface area (Å²) in [6, 6.07) is 1.16. The van der Waals surface area contributed by atoms with Crippen molar-refractivity contribution in [1.82, 2.24) is 4.90 Å². The van der Waals surface area contributed by atoms with E-state index in [-0.39, 0.29) is 12.2 Å². The van der Waals surface area contributed by atoms with Crippen molar-refractivity contribution < 1.29 is 23.1 Å². The Morgan fingerprint density at radius 3 is 2.75 bits per heavy atom. The standard InChI is InChI=1S/C13H14F2N2O3/c1-20-13(19)9-3-2-6-17(9)12(18)10-7(14)4-5-8(16)11(10)15/h4-5,9H,2-3,6,16H2,1H3. The van der Waals surface area contributed by atoms with Crippen LogP contribution in [0.15, 0.2) is 12.1 Å². The van der Waals surface area contributed by atoms with Gasteiger partial charge in [0.2, 0.25) is 0 Å². The van der Waals surface area contributed by atoms with E-state index in [1.165, 1.54) is 7.11 Å². The highest BCUT2D eigenvalue weighted by molar-refractivity contribution is 5.98. The van der Waals surface area contributed by atoms with Crippen LogP contribution in [0.3, 0.4) is 0 Å². The molecule has 1 fully saturated rings. The number of benzene rings is 1. The first-order chi connectivity index (χ1) is 9.47. The highest BCUT2D eigenvalue weighted by atomic mass is 19.1. The monoisotopic (exact) mass is 284 g/mol. The largest absolute Gasteiger partial charge is 0.467 e. The Morgan fingerprint density at radius 1 is 1.40 bits per heavy atom. The third kappa shape index (κ3) is 2.31. The number of hydrogen-bond acceptors (Lipinski definition) is 4. The van der Waals surface area contributed by atoms with Crippen LogP contribution in [0.25, 0.3) is 0 Å². The van der Waals surface area contributed by atoms with Crippen molar-refractivity contribution in [3.63, 3.8) is 0 Å². The minimum Gasteiger partial charge on any atom is -0.467 e. The SMILES string of the molecule is COC(=O)C1CCCN1C(=O)c1c(F)ccc(N)c1F. The summed E-state index contributed by atoms with van der Waals surface area (Å²) in [4.78, 5) is 24.9. The summed E-state index contributed by atoms with van der Waals surface area (Å²) in [5.41, 5.74) is 4.29. The third-order valence-corrected chi connectivity index (χ3v) is 3.32. The molecule has 108 valence electrons. The van der Waals surface area contributed by atoms with Gasteiger partial charge in [-0.1, -0.05) is 0 Å². The summed E-state index contributed by atoms with van der Waals surface area (Å²) < 4.78 is 32.1. The van der Waals surface area contributed by atoms with Gasteiger partial charge in [0.15, 0.2) is 5.82 Å². The summed E-state index contributed by atoms with van der Waals surface area (Å²) in [5, 5.41) is 0. The Bertz CT molecular complexity index is 563. The lowest BCUT2D eigenvalue weighted by molar-refractivity contribution is -0.145. The molecule has 20 heavy (non-hydrogen) atoms. The third-order valence-electron chi connectivity index (χ3n) is 3.32. The Labute approximate surface area is 114 Å². The number of halogens is 2. The smallest absolute Gasteiger partial charge is 0.328 e. The number of esters is 1. The van der Waals surface area contributed by atoms with E-state index in [9.17, 15) is 18.4 Å². The lowest BCUT2D eigenvalue weighted by Crippen LogP contribution is -2.41. The van der Waals surface area contributed by atoms with E-state index < -0.39 is 35.1 Å². The zero-order valence-electron chi connectivity index (χ0n) is 10.9. The highest BCUT2D eigenvalue weighted by Gasteiger charge is 2.37. The molecule has 2 N–H and O–H groups in total. The Kier molecular flexibility index (Phi) is 3.87. The Morgan fingerprint density at radius 2 is 2.10 bits per heavy atom. The van der Waals surface area contributed by atoms with E-state index >= 15 is 0 Å². The van der Waals surface area contributed by atoms with Crippen LogP contribution in [0.4, 0.5) is 14.5 Å². The predicted octanol–water partition coefficient (Wildman–Crippen LogP) is 1.32. The fourth-order valence-electron chi connectivity index (χ4n) is 2.30. The minimum absolute atomic E-state index is 0.242. The van der Waals surface area contributed by atoms with Gasteiger partial charge >= 0.3 is 5.97 Å². The molecule has 0 bridgehead atoms. The zero-order chi connectivity index (χ0) is 14.9. The predicted molar refractivity (Wildman–Crippen MR) is 66.8 cm³/mol. The van der Waals surface area contributed by atoms with Gasteiger partial charge in [-0.2, -0.15) is 0 Å². The number of carbonyl (C=O) groups excluding carboxylic acids is 2. The van der Waals surface area contributed by atoms with E-state index in [1.54, 1.807) is 0 Å². The molecule has 5 nitrogen and oxygen atoms in total. The van der Waals surface area contributed by atoms with E-state index in [0.29, 0.717) is 12.8 Å². The van der Waals surface area contributed by atoms with Crippen LogP contribution in [0.1, 0.15) is 23.2 Å². The van der Waals surface area contributed by atoms with Gasteiger partial charge in [0, 0.05) is 6.54 Å². The van der Waals surface area contributed by atoms with Gasteiger partial charge in [0.05, 0.1) is 12.8 Å². The van der Waals surface area contributed by atoms with Gasteiger partial charge < -0.3 is 15.4 Å². The normalized spacial score (nSPS) is 18.1. The molecule has 0 aromatic heterocycles. The fourth-order valence-corrected chi connectivity index (χ4v) is 2.30. The molecule has 0 aliphatic carbocycles. The number of likely N-dealkylation sites (tertiary alicyclic amines) is 1. The summed E-state index contributed by atoms with van der Waals surface area (Å²) in [6.45, 7) is 0.242. The average molecular weight is 284 g/mol. The van der Waals surface area contributed by atoms with Gasteiger partial charge in [-0.3, -0.25) is 4.79 Å². The summed E-state index contributed by atoms with van der Waals surface area (Å²) >= 11 is 0. The van der Waals surface area contributed by atoms with Crippen LogP contribution in [0.5, 0.6) is 0 Å². The lowest BCUT2D eigenvalue weighted by atomic mass is 10.1. The molecule has 0 radical (unpaired) electrons. The van der Waals surface area contributed by atoms with Crippen LogP contribution in [-0.2, 0) is 9.53 Å². The van der Waals surface area contributed by atoms with Crippen molar-refractivity contribution in [3.05, 3.63) is 29.3 Å². The van der Waals surface area contributed by atoms with Gasteiger partial charge in [0.25, 0.3) is 5.91 Å². The molecule has 1 aromatic carbocycles. The number of nitrogen functional groups attached to an aromatic ring is 1. The maximum atomic E-state index is 13.8. The van der Waals surface area contributed by atoms with E-state index in [0.717, 1.165) is 17.0 Å². The molecule has 7 heteroatoms. The number of carbonyl (C=O) groups is 2. The number of ether oxygens (including phenoxy) is 1. The average Bonchev–Trinajstić information content (AvgIpc) is 2.91. The van der Waals surface area contributed by atoms with Crippen LogP contribution in [-0.4, -0.2) is 36.5 Å². The molecule has 1 amide bonds. The molecule has 1 heterocycles. The van der Waals surface area contributed by atoms with E-state index in [4.69, 9.17) is 5.73 Å². The van der Waals surface area contributed by atoms with Crippen molar-refractivity contribution in [1.29, 1.82) is 0 Å². The topological polar surface area (TPSA) is 72.6 Å². The number of nitrogens with zero attached hydrogens (tertiary/aromatic N) is 1. The number of anilines is 1. The van der Waals surface area contributed by atoms with Crippen molar-refractivity contribution in [2.24, 2.45) is 0 Å². The molecule has 1 unspecified atom stereocenters. The number of rotatable bonds is 2. The fraction of sp³-hybridized carbons (Fsp3) is 0.385. The van der Waals surface area contributed by atoms with Crippen molar-refractivity contribution in [2.75, 3.05) is 19.4 Å². The molecule has 1 aliphatic heterocycles. The van der Waals surface area contributed by atoms with Crippen molar-refractivity contribution in [2.45, 2.75) is 18.9 Å². The Hall–Kier alpha value is -2.18. The van der Waals surface area contributed by atoms with Crippen molar-refractivity contribution in [3.8, 4) is 0 Å². The second-order valence-electron chi connectivity index (χ2n) is 4.51. The zero-order valence-corrected chi connectivity index (χ0v) is 10.9. The van der Waals surface area contributed by atoms with E-state index in [2.05, 4.69) is 4.74 Å². The van der Waals surface area contributed by atoms with Gasteiger partial charge in [-0.25, -0.2) is 13.6 Å². The molecule has 1 aliphatic rings. The molecule has 0 spiro atoms. The first-order valence-corrected chi connectivity index (χ1v) is 6.09.